The molecule has 0 radical (unpaired) electrons. The van der Waals surface area contributed by atoms with Crippen LogP contribution in [0.2, 0.25) is 0 Å². The van der Waals surface area contributed by atoms with Gasteiger partial charge in [-0.05, 0) is 37.3 Å². The molecule has 2 fully saturated rings. The van der Waals surface area contributed by atoms with Gasteiger partial charge in [0, 0.05) is 25.2 Å². The molecule has 4 rings (SSSR count). The van der Waals surface area contributed by atoms with Crippen LogP contribution in [-0.4, -0.2) is 39.9 Å². The van der Waals surface area contributed by atoms with Gasteiger partial charge in [-0.2, -0.15) is 4.98 Å². The lowest BCUT2D eigenvalue weighted by Crippen LogP contribution is -2.43. The fraction of sp³-hybridized carbons (Fsp3) is 0.500. The monoisotopic (exact) mass is 368 g/mol. The van der Waals surface area contributed by atoms with E-state index in [4.69, 9.17) is 4.52 Å². The molecule has 0 aliphatic carbocycles. The third-order valence-corrected chi connectivity index (χ3v) is 5.60. The van der Waals surface area contributed by atoms with E-state index in [-0.39, 0.29) is 30.2 Å². The van der Waals surface area contributed by atoms with E-state index in [0.717, 1.165) is 36.9 Å². The van der Waals surface area contributed by atoms with Crippen molar-refractivity contribution in [3.63, 3.8) is 0 Å². The molecule has 0 saturated carbocycles. The van der Waals surface area contributed by atoms with Crippen LogP contribution < -0.4 is 4.90 Å². The number of aryl methyl sites for hydroxylation is 1. The van der Waals surface area contributed by atoms with Crippen LogP contribution in [0, 0.1) is 5.92 Å². The van der Waals surface area contributed by atoms with Crippen molar-refractivity contribution >= 4 is 17.5 Å². The lowest BCUT2D eigenvalue weighted by molar-refractivity contribution is -0.139. The third kappa shape index (κ3) is 3.34. The number of anilines is 1. The van der Waals surface area contributed by atoms with Crippen LogP contribution in [0.25, 0.3) is 0 Å². The highest BCUT2D eigenvalue weighted by Gasteiger charge is 2.41. The molecule has 7 nitrogen and oxygen atoms in total. The summed E-state index contributed by atoms with van der Waals surface area (Å²) in [4.78, 5) is 33.7. The predicted molar refractivity (Wildman–Crippen MR) is 98.9 cm³/mol. The first-order valence-electron chi connectivity index (χ1n) is 9.64. The maximum atomic E-state index is 13.2. The first kappa shape index (κ1) is 17.7. The molecule has 7 heteroatoms. The Balaban J connectivity index is 1.53. The summed E-state index contributed by atoms with van der Waals surface area (Å²) >= 11 is 0. The molecule has 2 amide bonds. The van der Waals surface area contributed by atoms with Crippen molar-refractivity contribution in [2.75, 3.05) is 18.0 Å². The minimum atomic E-state index is -0.324. The van der Waals surface area contributed by atoms with Gasteiger partial charge in [0.05, 0.1) is 12.0 Å². The minimum absolute atomic E-state index is 0.0161. The first-order valence-corrected chi connectivity index (χ1v) is 9.64. The number of carbonyl (C=O) groups is 2. The van der Waals surface area contributed by atoms with Crippen molar-refractivity contribution < 1.29 is 14.1 Å². The van der Waals surface area contributed by atoms with Crippen LogP contribution in [0.3, 0.4) is 0 Å². The smallest absolute Gasteiger partial charge is 0.228 e. The second-order valence-electron chi connectivity index (χ2n) is 7.22. The van der Waals surface area contributed by atoms with E-state index in [9.17, 15) is 9.59 Å². The Morgan fingerprint density at radius 2 is 2.15 bits per heavy atom. The number of rotatable bonds is 4. The summed E-state index contributed by atoms with van der Waals surface area (Å²) < 4.78 is 4.88. The van der Waals surface area contributed by atoms with Crippen molar-refractivity contribution in [2.45, 2.75) is 45.1 Å². The zero-order chi connectivity index (χ0) is 18.8. The molecule has 2 aromatic rings. The zero-order valence-corrected chi connectivity index (χ0v) is 15.5. The van der Waals surface area contributed by atoms with E-state index in [1.165, 1.54) is 6.39 Å². The number of carbonyl (C=O) groups excluding carboxylic acids is 2. The molecule has 2 atom stereocenters. The standard InChI is InChI=1S/C20H24N4O3/c1-2-14-7-3-4-8-16(14)24-12-15(11-18(24)25)20(26)23-10-6-5-9-17(23)19-21-13-27-22-19/h3-4,7-8,13,15,17H,2,5-6,9-12H2,1H3. The summed E-state index contributed by atoms with van der Waals surface area (Å²) in [7, 11) is 0. The molecule has 3 heterocycles. The van der Waals surface area contributed by atoms with E-state index < -0.39 is 0 Å². The van der Waals surface area contributed by atoms with Crippen LogP contribution in [0.1, 0.15) is 50.0 Å². The van der Waals surface area contributed by atoms with Crippen molar-refractivity contribution in [1.82, 2.24) is 15.0 Å². The second-order valence-corrected chi connectivity index (χ2v) is 7.22. The Labute approximate surface area is 158 Å². The SMILES string of the molecule is CCc1ccccc1N1CC(C(=O)N2CCCCC2c2ncon2)CC1=O. The average molecular weight is 368 g/mol. The number of nitrogens with zero attached hydrogens (tertiary/aromatic N) is 4. The molecular formula is C20H24N4O3. The van der Waals surface area contributed by atoms with Crippen LogP contribution in [-0.2, 0) is 16.0 Å². The number of piperidine rings is 1. The van der Waals surface area contributed by atoms with Gasteiger partial charge >= 0.3 is 0 Å². The van der Waals surface area contributed by atoms with Gasteiger partial charge in [0.15, 0.2) is 5.82 Å². The normalized spacial score (nSPS) is 23.1. The summed E-state index contributed by atoms with van der Waals surface area (Å²) in [6, 6.07) is 7.77. The van der Waals surface area contributed by atoms with E-state index >= 15 is 0 Å². The van der Waals surface area contributed by atoms with Gasteiger partial charge in [-0.3, -0.25) is 9.59 Å². The number of benzene rings is 1. The summed E-state index contributed by atoms with van der Waals surface area (Å²) in [5, 5.41) is 3.94. The number of para-hydroxylation sites is 1. The van der Waals surface area contributed by atoms with Crippen LogP contribution in [0.4, 0.5) is 5.69 Å². The van der Waals surface area contributed by atoms with E-state index in [1.54, 1.807) is 4.90 Å². The summed E-state index contributed by atoms with van der Waals surface area (Å²) in [5.41, 5.74) is 2.05. The topological polar surface area (TPSA) is 79.5 Å². The highest BCUT2D eigenvalue weighted by atomic mass is 16.5. The van der Waals surface area contributed by atoms with Gasteiger partial charge in [-0.25, -0.2) is 0 Å². The molecule has 27 heavy (non-hydrogen) atoms. The van der Waals surface area contributed by atoms with Gasteiger partial charge in [0.25, 0.3) is 0 Å². The van der Waals surface area contributed by atoms with Gasteiger partial charge in [0.2, 0.25) is 18.2 Å². The zero-order valence-electron chi connectivity index (χ0n) is 15.5. The quantitative estimate of drug-likeness (QED) is 0.829. The number of amides is 2. The highest BCUT2D eigenvalue weighted by molar-refractivity contribution is 6.00. The summed E-state index contributed by atoms with van der Waals surface area (Å²) in [6.07, 6.45) is 5.23. The number of hydrogen-bond acceptors (Lipinski definition) is 5. The number of hydrogen-bond donors (Lipinski definition) is 0. The van der Waals surface area contributed by atoms with E-state index in [2.05, 4.69) is 17.1 Å². The number of aromatic nitrogens is 2. The lowest BCUT2D eigenvalue weighted by Gasteiger charge is -2.35. The van der Waals surface area contributed by atoms with Gasteiger partial charge in [-0.1, -0.05) is 30.3 Å². The Morgan fingerprint density at radius 1 is 1.30 bits per heavy atom. The van der Waals surface area contributed by atoms with Crippen molar-refractivity contribution in [2.24, 2.45) is 5.92 Å². The molecular weight excluding hydrogens is 344 g/mol. The second kappa shape index (κ2) is 7.50. The highest BCUT2D eigenvalue weighted by Crippen LogP contribution is 2.34. The Kier molecular flexibility index (Phi) is 4.92. The molecule has 2 aliphatic rings. The van der Waals surface area contributed by atoms with Crippen molar-refractivity contribution in [1.29, 1.82) is 0 Å². The maximum Gasteiger partial charge on any atom is 0.228 e. The Hall–Kier alpha value is -2.70. The molecule has 0 bridgehead atoms. The van der Waals surface area contributed by atoms with Crippen LogP contribution >= 0.6 is 0 Å². The predicted octanol–water partition coefficient (Wildman–Crippen LogP) is 2.74. The molecule has 2 unspecified atom stereocenters. The average Bonchev–Trinajstić information content (AvgIpc) is 3.37. The molecule has 1 aromatic carbocycles. The summed E-state index contributed by atoms with van der Waals surface area (Å²) in [6.45, 7) is 3.18. The molecule has 142 valence electrons. The molecule has 2 saturated heterocycles. The van der Waals surface area contributed by atoms with Gasteiger partial charge < -0.3 is 14.3 Å². The van der Waals surface area contributed by atoms with Crippen LogP contribution in [0.15, 0.2) is 35.2 Å². The fourth-order valence-electron chi connectivity index (χ4n) is 4.20. The lowest BCUT2D eigenvalue weighted by atomic mass is 9.98. The Morgan fingerprint density at radius 3 is 2.93 bits per heavy atom. The maximum absolute atomic E-state index is 13.2. The first-order chi connectivity index (χ1) is 13.2. The fourth-order valence-corrected chi connectivity index (χ4v) is 4.20. The third-order valence-electron chi connectivity index (χ3n) is 5.60. The van der Waals surface area contributed by atoms with Crippen molar-refractivity contribution in [3.05, 3.63) is 42.0 Å². The van der Waals surface area contributed by atoms with Gasteiger partial charge in [0.1, 0.15) is 0 Å². The minimum Gasteiger partial charge on any atom is -0.343 e. The summed E-state index contributed by atoms with van der Waals surface area (Å²) in [5.74, 6) is 0.271. The molecule has 1 aromatic heterocycles. The molecule has 2 aliphatic heterocycles. The number of likely N-dealkylation sites (tertiary alicyclic amines) is 1. The van der Waals surface area contributed by atoms with Crippen molar-refractivity contribution in [3.8, 4) is 0 Å². The largest absolute Gasteiger partial charge is 0.343 e. The van der Waals surface area contributed by atoms with E-state index in [0.29, 0.717) is 18.9 Å². The van der Waals surface area contributed by atoms with Gasteiger partial charge in [-0.15, -0.1) is 0 Å². The molecule has 0 spiro atoms. The van der Waals surface area contributed by atoms with E-state index in [1.807, 2.05) is 29.2 Å². The molecule has 0 N–H and O–H groups in total. The van der Waals surface area contributed by atoms with Crippen LogP contribution in [0.5, 0.6) is 0 Å². The Bertz CT molecular complexity index is 820.